The van der Waals surface area contributed by atoms with E-state index in [1.807, 2.05) is 0 Å². The van der Waals surface area contributed by atoms with E-state index in [1.54, 1.807) is 0 Å². The van der Waals surface area contributed by atoms with Gasteiger partial charge >= 0.3 is 6.18 Å². The average molecular weight is 349 g/mol. The maximum atomic E-state index is 12.2. The Hall–Kier alpha value is -0.500. The third-order valence-electron chi connectivity index (χ3n) is 1.53. The van der Waals surface area contributed by atoms with Gasteiger partial charge in [-0.25, -0.2) is 0 Å². The molecule has 1 aromatic rings. The van der Waals surface area contributed by atoms with Crippen molar-refractivity contribution in [3.8, 4) is 0 Å². The maximum absolute atomic E-state index is 12.2. The average Bonchev–Trinajstić information content (AvgIpc) is 2.05. The van der Waals surface area contributed by atoms with Gasteiger partial charge in [0.15, 0.2) is 0 Å². The zero-order valence-corrected chi connectivity index (χ0v) is 9.94. The third kappa shape index (κ3) is 3.53. The highest BCUT2D eigenvalue weighted by atomic mass is 127. The van der Waals surface area contributed by atoms with Crippen LogP contribution in [-0.4, -0.2) is 3.91 Å². The van der Waals surface area contributed by atoms with E-state index in [9.17, 15) is 18.0 Å². The first-order valence-electron chi connectivity index (χ1n) is 3.64. The Morgan fingerprint density at radius 2 is 2.00 bits per heavy atom. The zero-order chi connectivity index (χ0) is 11.6. The van der Waals surface area contributed by atoms with E-state index in [2.05, 4.69) is 5.32 Å². The van der Waals surface area contributed by atoms with E-state index in [0.29, 0.717) is 0 Å². The highest BCUT2D eigenvalue weighted by Gasteiger charge is 2.30. The SMILES string of the molecule is O=C(I)Nc1ccc(C(F)(F)F)cc1Cl. The molecule has 0 aromatic heterocycles. The highest BCUT2D eigenvalue weighted by molar-refractivity contribution is 14.1. The molecule has 0 saturated heterocycles. The van der Waals surface area contributed by atoms with Crippen molar-refractivity contribution in [1.29, 1.82) is 0 Å². The van der Waals surface area contributed by atoms with Crippen LogP contribution < -0.4 is 5.32 Å². The number of carbonyl (C=O) groups is 1. The number of alkyl halides is 3. The van der Waals surface area contributed by atoms with Gasteiger partial charge in [-0.2, -0.15) is 13.2 Å². The fourth-order valence-electron chi connectivity index (χ4n) is 0.899. The molecule has 1 N–H and O–H groups in total. The molecular formula is C8H4ClF3INO. The van der Waals surface area contributed by atoms with Crippen molar-refractivity contribution in [3.05, 3.63) is 28.8 Å². The molecule has 1 amide bonds. The van der Waals surface area contributed by atoms with Crippen LogP contribution in [0.2, 0.25) is 5.02 Å². The number of carbonyl (C=O) groups excluding carboxylic acids is 1. The molecule has 0 heterocycles. The normalized spacial score (nSPS) is 11.3. The predicted octanol–water partition coefficient (Wildman–Crippen LogP) is 4.33. The summed E-state index contributed by atoms with van der Waals surface area (Å²) in [6.45, 7) is 0. The molecule has 0 aliphatic carbocycles. The number of amides is 1. The van der Waals surface area contributed by atoms with Gasteiger partial charge < -0.3 is 5.32 Å². The van der Waals surface area contributed by atoms with E-state index in [4.69, 9.17) is 11.6 Å². The van der Waals surface area contributed by atoms with Crippen molar-refractivity contribution in [2.24, 2.45) is 0 Å². The molecular weight excluding hydrogens is 345 g/mol. The number of rotatable bonds is 1. The molecule has 0 spiro atoms. The van der Waals surface area contributed by atoms with E-state index < -0.39 is 15.7 Å². The molecule has 2 nitrogen and oxygen atoms in total. The lowest BCUT2D eigenvalue weighted by molar-refractivity contribution is -0.137. The first-order valence-corrected chi connectivity index (χ1v) is 5.09. The van der Waals surface area contributed by atoms with Crippen LogP contribution in [0, 0.1) is 0 Å². The van der Waals surface area contributed by atoms with Crippen LogP contribution in [0.5, 0.6) is 0 Å². The molecule has 0 aliphatic heterocycles. The van der Waals surface area contributed by atoms with Crippen molar-refractivity contribution < 1.29 is 18.0 Å². The van der Waals surface area contributed by atoms with Crippen molar-refractivity contribution in [3.63, 3.8) is 0 Å². The molecule has 0 fully saturated rings. The van der Waals surface area contributed by atoms with Gasteiger partial charge in [0.05, 0.1) is 16.3 Å². The topological polar surface area (TPSA) is 29.1 Å². The minimum atomic E-state index is -4.43. The van der Waals surface area contributed by atoms with Crippen molar-refractivity contribution in [2.75, 3.05) is 5.32 Å². The van der Waals surface area contributed by atoms with Crippen LogP contribution in [0.4, 0.5) is 23.7 Å². The van der Waals surface area contributed by atoms with Gasteiger partial charge in [0.2, 0.25) is 0 Å². The molecule has 82 valence electrons. The summed E-state index contributed by atoms with van der Waals surface area (Å²) in [6, 6.07) is 2.74. The van der Waals surface area contributed by atoms with Crippen molar-refractivity contribution in [1.82, 2.24) is 0 Å². The summed E-state index contributed by atoms with van der Waals surface area (Å²) in [5, 5.41) is 2.16. The zero-order valence-electron chi connectivity index (χ0n) is 7.03. The van der Waals surface area contributed by atoms with Gasteiger partial charge in [-0.1, -0.05) is 11.6 Å². The quantitative estimate of drug-likeness (QED) is 0.456. The molecule has 0 bridgehead atoms. The van der Waals surface area contributed by atoms with Crippen LogP contribution >= 0.6 is 34.2 Å². The fraction of sp³-hybridized carbons (Fsp3) is 0.125. The molecule has 1 aromatic carbocycles. The van der Waals surface area contributed by atoms with Gasteiger partial charge in [0.1, 0.15) is 0 Å². The smallest absolute Gasteiger partial charge is 0.316 e. The Labute approximate surface area is 102 Å². The molecule has 15 heavy (non-hydrogen) atoms. The number of nitrogens with one attached hydrogen (secondary N) is 1. The van der Waals surface area contributed by atoms with Crippen molar-refractivity contribution in [2.45, 2.75) is 6.18 Å². The maximum Gasteiger partial charge on any atom is 0.416 e. The predicted molar refractivity (Wildman–Crippen MR) is 59.5 cm³/mol. The van der Waals surface area contributed by atoms with Gasteiger partial charge in [-0.05, 0) is 18.2 Å². The summed E-state index contributed by atoms with van der Waals surface area (Å²) in [4.78, 5) is 10.6. The Morgan fingerprint density at radius 1 is 1.40 bits per heavy atom. The van der Waals surface area contributed by atoms with E-state index in [1.165, 1.54) is 22.6 Å². The number of halogens is 5. The molecule has 0 radical (unpaired) electrons. The van der Waals surface area contributed by atoms with E-state index in [0.717, 1.165) is 18.2 Å². The lowest BCUT2D eigenvalue weighted by Crippen LogP contribution is -2.06. The van der Waals surface area contributed by atoms with Crippen molar-refractivity contribution >= 4 is 43.8 Å². The third-order valence-corrected chi connectivity index (χ3v) is 2.11. The summed E-state index contributed by atoms with van der Waals surface area (Å²) >= 11 is 7.02. The van der Waals surface area contributed by atoms with E-state index in [-0.39, 0.29) is 10.7 Å². The summed E-state index contributed by atoms with van der Waals surface area (Å²) in [6.07, 6.45) is -4.43. The summed E-state index contributed by atoms with van der Waals surface area (Å²) in [5.41, 5.74) is -0.692. The summed E-state index contributed by atoms with van der Waals surface area (Å²) in [5.74, 6) is 0. The number of hydrogen-bond donors (Lipinski definition) is 1. The Morgan fingerprint density at radius 3 is 2.40 bits per heavy atom. The molecule has 0 unspecified atom stereocenters. The fourth-order valence-corrected chi connectivity index (χ4v) is 1.42. The minimum Gasteiger partial charge on any atom is -0.316 e. The molecule has 0 atom stereocenters. The Bertz CT molecular complexity index is 394. The first kappa shape index (κ1) is 12.6. The standard InChI is InChI=1S/C8H4ClF3INO/c9-5-3-4(8(10,11)12)1-2-6(5)14-7(13)15/h1-3H,(H,14,15). The summed E-state index contributed by atoms with van der Waals surface area (Å²) < 4.78 is 36.2. The van der Waals surface area contributed by atoms with Gasteiger partial charge in [0, 0.05) is 22.6 Å². The van der Waals surface area contributed by atoms with Crippen LogP contribution in [0.15, 0.2) is 18.2 Å². The van der Waals surface area contributed by atoms with Crippen LogP contribution in [0.1, 0.15) is 5.56 Å². The molecule has 0 saturated carbocycles. The monoisotopic (exact) mass is 349 g/mol. The van der Waals surface area contributed by atoms with Gasteiger partial charge in [-0.3, -0.25) is 4.79 Å². The second kappa shape index (κ2) is 4.56. The number of benzene rings is 1. The van der Waals surface area contributed by atoms with Crippen LogP contribution in [-0.2, 0) is 6.18 Å². The van der Waals surface area contributed by atoms with Crippen LogP contribution in [0.3, 0.4) is 0 Å². The highest BCUT2D eigenvalue weighted by Crippen LogP contribution is 2.33. The minimum absolute atomic E-state index is 0.144. The number of anilines is 1. The van der Waals surface area contributed by atoms with Gasteiger partial charge in [0.25, 0.3) is 3.91 Å². The summed E-state index contributed by atoms with van der Waals surface area (Å²) in [7, 11) is 0. The number of hydrogen-bond acceptors (Lipinski definition) is 1. The second-order valence-electron chi connectivity index (χ2n) is 2.59. The first-order chi connectivity index (χ1) is 6.80. The molecule has 1 rings (SSSR count). The van der Waals surface area contributed by atoms with Gasteiger partial charge in [-0.15, -0.1) is 0 Å². The van der Waals surface area contributed by atoms with Crippen LogP contribution in [0.25, 0.3) is 0 Å². The lowest BCUT2D eigenvalue weighted by Gasteiger charge is -2.09. The molecule has 0 aliphatic rings. The Balaban J connectivity index is 3.03. The molecule has 7 heteroatoms. The second-order valence-corrected chi connectivity index (χ2v) is 3.98. The Kier molecular flexibility index (Phi) is 3.82. The lowest BCUT2D eigenvalue weighted by atomic mass is 10.2. The van der Waals surface area contributed by atoms with E-state index >= 15 is 0 Å². The largest absolute Gasteiger partial charge is 0.416 e.